The van der Waals surface area contributed by atoms with E-state index in [2.05, 4.69) is 20.0 Å². The van der Waals surface area contributed by atoms with Gasteiger partial charge in [-0.25, -0.2) is 14.4 Å². The van der Waals surface area contributed by atoms with Crippen molar-refractivity contribution in [1.29, 1.82) is 0 Å². The van der Waals surface area contributed by atoms with Crippen molar-refractivity contribution in [2.24, 2.45) is 15.5 Å². The molecular weight excluding hydrogens is 1590 g/mol. The molecule has 608 valence electrons. The summed E-state index contributed by atoms with van der Waals surface area (Å²) >= 11 is 4.15. The molecule has 0 fully saturated rings. The Morgan fingerprint density at radius 3 is 0.967 bits per heavy atom. The van der Waals surface area contributed by atoms with Crippen LogP contribution in [-0.4, -0.2) is 122 Å². The minimum absolute atomic E-state index is 0.00445. The minimum Gasteiger partial charge on any atom is -0.464 e. The van der Waals surface area contributed by atoms with Crippen molar-refractivity contribution in [2.75, 3.05) is 26.4 Å². The second-order valence-corrected chi connectivity index (χ2v) is 30.6. The number of carbonyl (C=O) groups is 11. The fourth-order valence-corrected chi connectivity index (χ4v) is 16.0. The number of esters is 2. The van der Waals surface area contributed by atoms with E-state index in [0.29, 0.717) is 97.6 Å². The Hall–Kier alpha value is -14.2. The summed E-state index contributed by atoms with van der Waals surface area (Å²) in [6.07, 6.45) is 0. The van der Waals surface area contributed by atoms with Crippen molar-refractivity contribution < 1.29 is 81.5 Å². The van der Waals surface area contributed by atoms with E-state index in [1.807, 2.05) is 155 Å². The van der Waals surface area contributed by atoms with E-state index in [-0.39, 0.29) is 65.4 Å². The van der Waals surface area contributed by atoms with Crippen molar-refractivity contribution in [3.63, 3.8) is 0 Å². The molecule has 121 heavy (non-hydrogen) atoms. The van der Waals surface area contributed by atoms with Gasteiger partial charge in [-0.1, -0.05) is 100 Å². The van der Waals surface area contributed by atoms with E-state index in [4.69, 9.17) is 28.7 Å². The lowest BCUT2D eigenvalue weighted by Gasteiger charge is -2.10. The van der Waals surface area contributed by atoms with E-state index < -0.39 is 29.5 Å². The number of thiophene rings is 3. The van der Waals surface area contributed by atoms with Gasteiger partial charge in [-0.2, -0.15) is 0 Å². The largest absolute Gasteiger partial charge is 0.464 e. The monoisotopic (exact) mass is 1670 g/mol. The highest BCUT2D eigenvalue weighted by Gasteiger charge is 2.27. The highest BCUT2D eigenvalue weighted by atomic mass is 32.1. The Bertz CT molecular complexity index is 6670. The summed E-state index contributed by atoms with van der Waals surface area (Å²) in [5, 5.41) is 22.0. The molecule has 6 aromatic heterocycles. The summed E-state index contributed by atoms with van der Waals surface area (Å²) in [5.74, 6) is -4.11. The van der Waals surface area contributed by atoms with Crippen molar-refractivity contribution in [2.45, 2.75) is 75.0 Å². The number of hydrogen-bond acceptors (Lipinski definition) is 23. The number of aryl methyl sites for hydroxylation is 2. The number of benzene rings is 9. The molecule has 0 bridgehead atoms. The third kappa shape index (κ3) is 19.3. The molecule has 15 aromatic rings. The first-order valence-corrected chi connectivity index (χ1v) is 41.0. The average molecular weight is 1670 g/mol. The van der Waals surface area contributed by atoms with Gasteiger partial charge in [0.2, 0.25) is 34.7 Å². The fourth-order valence-electron chi connectivity index (χ4n) is 14.0. The number of ether oxygens (including phenoxy) is 3. The van der Waals surface area contributed by atoms with Crippen LogP contribution in [0.2, 0.25) is 0 Å². The zero-order valence-corrected chi connectivity index (χ0v) is 69.3. The van der Waals surface area contributed by atoms with Gasteiger partial charge in [-0.05, 0) is 194 Å². The van der Waals surface area contributed by atoms with Gasteiger partial charge in [0.1, 0.15) is 18.9 Å². The second-order valence-electron chi connectivity index (χ2n) is 27.7. The Balaban J connectivity index is 0.000000157. The number of Topliss-reactive ketones (excluding diaryl/α,β-unsaturated/α-hetero) is 3. The number of fused-ring (bicyclic) bond motifs is 9. The van der Waals surface area contributed by atoms with Crippen LogP contribution in [0.4, 0.5) is 0 Å². The smallest absolute Gasteiger partial charge is 0.365 e. The molecule has 0 aliphatic carbocycles. The Labute approximate surface area is 705 Å². The maximum Gasteiger partial charge on any atom is 0.365 e. The lowest BCUT2D eigenvalue weighted by Crippen LogP contribution is -2.18. The lowest BCUT2D eigenvalue weighted by atomic mass is 9.96. The van der Waals surface area contributed by atoms with Crippen LogP contribution in [0.5, 0.6) is 0 Å². The quantitative estimate of drug-likeness (QED) is 0.0110. The fraction of sp³-hybridized carbons (Fsp3) is 0.158. The standard InChI is InChI=1S/C32H26N2O6S.C32H28N2O5S.C31H24N2O6S/c1-19-7-4-5-8-24(19)30(33-40-21(3)36)32(38)23-11-13-28-26(18-23)25-17-22(31(37)29-9-6-16-41-29)10-12-27(25)34(28)14-15-39-20(2)35;1-4-38-16-15-34-27-13-11-22(31(36)29-10-7-17-40-29)18-25(27)26-19-23(12-14-28(26)34)32(37)30(33-39-21(3)35)24-9-6-5-8-20(24)2;1-19(32-39-31(37)21-7-4-3-5-8-21)29(35)22-10-12-26-24(17-22)25-18-23(30(36)28-9-6-16-40-28)11-13-27(25)33(26)14-15-38-20(2)34/h4-13,16-18H,14-15H2,1-3H3;5-14,17-19H,4,15-16H2,1-3H3;3-13,16-18H,14-15H2,1-2H3/b2*33-30+;32-19+. The van der Waals surface area contributed by atoms with E-state index in [1.54, 1.807) is 115 Å². The maximum absolute atomic E-state index is 13.8. The zero-order valence-electron chi connectivity index (χ0n) is 66.9. The Morgan fingerprint density at radius 2 is 0.645 bits per heavy atom. The lowest BCUT2D eigenvalue weighted by molar-refractivity contribution is -0.142. The molecule has 0 aliphatic rings. The molecule has 9 aromatic carbocycles. The zero-order chi connectivity index (χ0) is 85.5. The van der Waals surface area contributed by atoms with E-state index in [0.717, 1.165) is 76.5 Å². The summed E-state index contributed by atoms with van der Waals surface area (Å²) in [6, 6.07) is 66.3. The maximum atomic E-state index is 13.8. The molecule has 0 unspecified atom stereocenters. The van der Waals surface area contributed by atoms with Gasteiger partial charge in [0.25, 0.3) is 0 Å². The van der Waals surface area contributed by atoms with Crippen molar-refractivity contribution >= 4 is 181 Å². The van der Waals surface area contributed by atoms with Crippen LogP contribution >= 0.6 is 34.0 Å². The molecular formula is C95H78N6O17S3. The van der Waals surface area contributed by atoms with Crippen molar-refractivity contribution in [3.05, 3.63) is 316 Å². The number of hydrogen-bond donors (Lipinski definition) is 0. The SMILES string of the molecule is CC(=O)OCCn1c2ccc(C(=O)/C(=N/OC(C)=O)c3ccccc3C)cc2c2cc(C(=O)c3cccs3)ccc21.CC(=O)OCCn1c2ccc(C(=O)/C(C)=N/OC(=O)c3ccccc3)cc2c2cc(C(=O)c3cccs3)ccc21.CCOCCn1c2ccc(C(=O)/C(=N/OC(C)=O)c3ccccc3C)cc2c2cc(C(=O)c3cccs3)ccc21. The third-order valence-electron chi connectivity index (χ3n) is 19.7. The van der Waals surface area contributed by atoms with Crippen molar-refractivity contribution in [1.82, 2.24) is 13.7 Å². The number of ketones is 6. The molecule has 0 radical (unpaired) electrons. The highest BCUT2D eigenvalue weighted by Crippen LogP contribution is 2.37. The van der Waals surface area contributed by atoms with Gasteiger partial charge in [0, 0.05) is 151 Å². The van der Waals surface area contributed by atoms with Crippen LogP contribution in [0.3, 0.4) is 0 Å². The molecule has 0 atom stereocenters. The molecule has 0 aliphatic heterocycles. The normalized spacial score (nSPS) is 11.6. The second kappa shape index (κ2) is 38.5. The van der Waals surface area contributed by atoms with Gasteiger partial charge in [-0.15, -0.1) is 34.0 Å². The number of nitrogens with zero attached hydrogens (tertiary/aromatic N) is 6. The average Bonchev–Trinajstić information content (AvgIpc) is 1.61. The highest BCUT2D eigenvalue weighted by molar-refractivity contribution is 7.13. The molecule has 6 heterocycles. The Morgan fingerprint density at radius 1 is 0.322 bits per heavy atom. The molecule has 0 saturated carbocycles. The molecule has 0 saturated heterocycles. The first-order chi connectivity index (χ1) is 58.5. The number of oxime groups is 3. The molecule has 23 nitrogen and oxygen atoms in total. The van der Waals surface area contributed by atoms with Crippen LogP contribution in [0.25, 0.3) is 65.4 Å². The topological polar surface area (TPSA) is 295 Å². The first-order valence-electron chi connectivity index (χ1n) is 38.3. The van der Waals surface area contributed by atoms with E-state index >= 15 is 0 Å². The van der Waals surface area contributed by atoms with Crippen LogP contribution in [0.15, 0.2) is 256 Å². The number of aromatic nitrogens is 3. The molecule has 15 rings (SSSR count). The summed E-state index contributed by atoms with van der Waals surface area (Å²) in [4.78, 5) is 155. The van der Waals surface area contributed by atoms with E-state index in [1.165, 1.54) is 68.6 Å². The van der Waals surface area contributed by atoms with Crippen LogP contribution in [0, 0.1) is 13.8 Å². The summed E-state index contributed by atoms with van der Waals surface area (Å²) in [5.41, 5.74) is 10.9. The van der Waals surface area contributed by atoms with Gasteiger partial charge in [0.15, 0.2) is 11.4 Å². The van der Waals surface area contributed by atoms with Gasteiger partial charge < -0.3 is 42.4 Å². The van der Waals surface area contributed by atoms with Crippen molar-refractivity contribution in [3.8, 4) is 0 Å². The van der Waals surface area contributed by atoms with Gasteiger partial charge in [-0.3, -0.25) is 38.4 Å². The van der Waals surface area contributed by atoms with Gasteiger partial charge >= 0.3 is 29.8 Å². The summed E-state index contributed by atoms with van der Waals surface area (Å²) < 4.78 is 22.1. The van der Waals surface area contributed by atoms with E-state index in [9.17, 15) is 52.7 Å². The predicted octanol–water partition coefficient (Wildman–Crippen LogP) is 18.8. The third-order valence-corrected chi connectivity index (χ3v) is 22.3. The van der Waals surface area contributed by atoms with Crippen LogP contribution < -0.4 is 0 Å². The van der Waals surface area contributed by atoms with Crippen LogP contribution in [-0.2, 0) is 67.5 Å². The van der Waals surface area contributed by atoms with Gasteiger partial charge in [0.05, 0.1) is 39.9 Å². The molecule has 26 heteroatoms. The Kier molecular flexibility index (Phi) is 26.9. The first kappa shape index (κ1) is 84.7. The summed E-state index contributed by atoms with van der Waals surface area (Å²) in [6.45, 7) is 15.2. The summed E-state index contributed by atoms with van der Waals surface area (Å²) in [7, 11) is 0. The molecule has 0 spiro atoms. The molecule has 0 N–H and O–H groups in total. The predicted molar refractivity (Wildman–Crippen MR) is 468 cm³/mol. The minimum atomic E-state index is -0.665. The molecule has 0 amide bonds. The number of rotatable bonds is 28. The number of carbonyl (C=O) groups excluding carboxylic acids is 11. The van der Waals surface area contributed by atoms with Crippen LogP contribution in [0.1, 0.15) is 151 Å².